The molecule has 6 rings (SSSR count). The van der Waals surface area contributed by atoms with Gasteiger partial charge in [-0.05, 0) is 87.3 Å². The Kier molecular flexibility index (Phi) is 15.4. The van der Waals surface area contributed by atoms with Crippen LogP contribution < -0.4 is 4.74 Å². The lowest BCUT2D eigenvalue weighted by atomic mass is 9.71. The van der Waals surface area contributed by atoms with Gasteiger partial charge >= 0.3 is 18.1 Å². The average molecular weight is 887 g/mol. The van der Waals surface area contributed by atoms with Crippen molar-refractivity contribution in [3.63, 3.8) is 0 Å². The van der Waals surface area contributed by atoms with E-state index in [1.807, 2.05) is 39.0 Å². The summed E-state index contributed by atoms with van der Waals surface area (Å²) in [5.41, 5.74) is 0.278. The predicted octanol–water partition coefficient (Wildman–Crippen LogP) is 8.21. The number of aromatic nitrogens is 1. The lowest BCUT2D eigenvalue weighted by Crippen LogP contribution is -2.47. The van der Waals surface area contributed by atoms with E-state index in [0.29, 0.717) is 62.8 Å². The van der Waals surface area contributed by atoms with E-state index in [9.17, 15) is 33.9 Å². The minimum atomic E-state index is -1.45. The van der Waals surface area contributed by atoms with Crippen molar-refractivity contribution < 1.29 is 57.6 Å². The number of cyclic esters (lactones) is 1. The zero-order valence-corrected chi connectivity index (χ0v) is 37.5. The highest BCUT2D eigenvalue weighted by atomic mass is 32.1. The predicted molar refractivity (Wildman–Crippen MR) is 233 cm³/mol. The van der Waals surface area contributed by atoms with Gasteiger partial charge in [-0.2, -0.15) is 0 Å². The van der Waals surface area contributed by atoms with Crippen LogP contribution in [0.1, 0.15) is 114 Å². The number of allylic oxidation sites excluding steroid dienone is 1. The number of benzene rings is 2. The number of unbranched alkanes of at least 4 members (excludes halogenated alkanes) is 2. The van der Waals surface area contributed by atoms with Crippen LogP contribution in [0.15, 0.2) is 67.3 Å². The molecule has 0 radical (unpaired) electrons. The number of carbonyl (C=O) groups excluding carboxylic acids is 6. The monoisotopic (exact) mass is 886 g/mol. The Morgan fingerprint density at radius 3 is 2.48 bits per heavy atom. The molecule has 14 nitrogen and oxygen atoms in total. The number of aliphatic hydroxyl groups is 1. The first kappa shape index (κ1) is 47.2. The van der Waals surface area contributed by atoms with Crippen LogP contribution in [-0.2, 0) is 49.5 Å². The van der Waals surface area contributed by atoms with E-state index in [1.54, 1.807) is 55.5 Å². The van der Waals surface area contributed by atoms with Crippen molar-refractivity contribution in [2.45, 2.75) is 135 Å². The number of ether oxygens (including phenoxy) is 5. The number of epoxide rings is 1. The number of amides is 2. The Morgan fingerprint density at radius 2 is 1.76 bits per heavy atom. The normalized spacial score (nSPS) is 26.5. The van der Waals surface area contributed by atoms with Gasteiger partial charge < -0.3 is 28.8 Å². The second-order valence-corrected chi connectivity index (χ2v) is 18.8. The van der Waals surface area contributed by atoms with E-state index in [1.165, 1.54) is 17.1 Å². The summed E-state index contributed by atoms with van der Waals surface area (Å²) in [7, 11) is 0. The second-order valence-electron chi connectivity index (χ2n) is 17.6. The molecule has 2 fully saturated rings. The molecule has 7 atom stereocenters. The molecule has 3 aromatic rings. The molecule has 63 heavy (non-hydrogen) atoms. The highest BCUT2D eigenvalue weighted by Gasteiger charge is 2.53. The molecule has 338 valence electrons. The van der Waals surface area contributed by atoms with Crippen molar-refractivity contribution in [3.8, 4) is 5.75 Å². The number of nitrogens with zero attached hydrogens (tertiary/aromatic N) is 2. The van der Waals surface area contributed by atoms with Gasteiger partial charge in [0, 0.05) is 31.5 Å². The van der Waals surface area contributed by atoms with Gasteiger partial charge in [-0.25, -0.2) is 9.78 Å². The number of thiazole rings is 1. The molecule has 4 heterocycles. The Hall–Kier alpha value is -5.25. The maximum Gasteiger partial charge on any atom is 0.508 e. The van der Waals surface area contributed by atoms with E-state index in [0.717, 1.165) is 20.8 Å². The third-order valence-electron chi connectivity index (χ3n) is 12.4. The molecular weight excluding hydrogens is 829 g/mol. The summed E-state index contributed by atoms with van der Waals surface area (Å²) in [6, 6.07) is 12.3. The number of ketones is 1. The summed E-state index contributed by atoms with van der Waals surface area (Å²) < 4.78 is 30.3. The van der Waals surface area contributed by atoms with Crippen LogP contribution in [0, 0.1) is 24.2 Å². The number of fused-ring (bicyclic) bond motifs is 2. The summed E-state index contributed by atoms with van der Waals surface area (Å²) in [6.45, 7) is 13.1. The van der Waals surface area contributed by atoms with Gasteiger partial charge in [-0.1, -0.05) is 57.9 Å². The molecule has 2 saturated heterocycles. The maximum absolute atomic E-state index is 14.5. The molecule has 1 N–H and O–H groups in total. The van der Waals surface area contributed by atoms with E-state index >= 15 is 0 Å². The smallest absolute Gasteiger partial charge is 0.457 e. The first-order chi connectivity index (χ1) is 30.0. The Morgan fingerprint density at radius 1 is 1.03 bits per heavy atom. The highest BCUT2D eigenvalue weighted by molar-refractivity contribution is 7.18. The molecule has 0 unspecified atom stereocenters. The topological polar surface area (TPSA) is 188 Å². The molecule has 3 aliphatic heterocycles. The number of aliphatic hydroxyl groups excluding tert-OH is 1. The second kappa shape index (κ2) is 20.5. The lowest BCUT2D eigenvalue weighted by Gasteiger charge is -2.37. The summed E-state index contributed by atoms with van der Waals surface area (Å²) in [5.74, 6) is -3.05. The summed E-state index contributed by atoms with van der Waals surface area (Å²) in [6.07, 6.45) is 3.86. The van der Waals surface area contributed by atoms with Gasteiger partial charge in [-0.3, -0.25) is 28.9 Å². The molecule has 0 aliphatic carbocycles. The van der Waals surface area contributed by atoms with Gasteiger partial charge in [-0.15, -0.1) is 17.9 Å². The number of hydrogen-bond donors (Lipinski definition) is 1. The van der Waals surface area contributed by atoms with Gasteiger partial charge in [0.05, 0.1) is 50.8 Å². The molecule has 0 spiro atoms. The van der Waals surface area contributed by atoms with Crippen molar-refractivity contribution >= 4 is 57.2 Å². The van der Waals surface area contributed by atoms with Gasteiger partial charge in [0.25, 0.3) is 11.8 Å². The Labute approximate surface area is 371 Å². The molecule has 2 aromatic carbocycles. The molecular formula is C48H58N2O12S. The van der Waals surface area contributed by atoms with Crippen molar-refractivity contribution in [2.75, 3.05) is 6.54 Å². The van der Waals surface area contributed by atoms with Crippen LogP contribution in [0.5, 0.6) is 5.75 Å². The average Bonchev–Trinajstić information content (AvgIpc) is 3.52. The van der Waals surface area contributed by atoms with Crippen LogP contribution in [0.3, 0.4) is 0 Å². The molecule has 1 aromatic heterocycles. The molecule has 0 bridgehead atoms. The van der Waals surface area contributed by atoms with Crippen LogP contribution in [0.2, 0.25) is 0 Å². The van der Waals surface area contributed by atoms with Crippen LogP contribution in [0.25, 0.3) is 10.2 Å². The van der Waals surface area contributed by atoms with Gasteiger partial charge in [0.15, 0.2) is 0 Å². The number of rotatable bonds is 13. The summed E-state index contributed by atoms with van der Waals surface area (Å²) in [4.78, 5) is 83.0. The highest BCUT2D eigenvalue weighted by Crippen LogP contribution is 2.47. The number of esters is 2. The first-order valence-corrected chi connectivity index (χ1v) is 22.5. The third kappa shape index (κ3) is 12.1. The van der Waals surface area contributed by atoms with Crippen molar-refractivity contribution in [1.29, 1.82) is 0 Å². The van der Waals surface area contributed by atoms with Crippen LogP contribution in [0.4, 0.5) is 4.79 Å². The van der Waals surface area contributed by atoms with E-state index in [2.05, 4.69) is 11.6 Å². The van der Waals surface area contributed by atoms with Crippen molar-refractivity contribution in [1.82, 2.24) is 9.88 Å². The number of Topliss-reactive ketones (excluding diaryl/α,β-unsaturated/α-hetero) is 1. The SMILES string of the molecule is C=CC[C@H]1C(=O)C(C)(C)[C@@H](O)CC(=O)O[C@H](c2ccc3sc(C)nc3c2)C[C@@H]2O[C@]2(C)CCC[C@H](C)[C@@H]1OC(=O)OCc1ccc(OC(=O)CCCCCN2C(=O)C=CC2=O)cc1. The lowest BCUT2D eigenvalue weighted by molar-refractivity contribution is -0.157. The first-order valence-electron chi connectivity index (χ1n) is 21.7. The number of carbonyl (C=O) groups is 6. The van der Waals surface area contributed by atoms with E-state index < -0.39 is 65.5 Å². The summed E-state index contributed by atoms with van der Waals surface area (Å²) in [5, 5.41) is 12.5. The summed E-state index contributed by atoms with van der Waals surface area (Å²) >= 11 is 1.58. The quantitative estimate of drug-likeness (QED) is 0.0432. The molecule has 15 heteroatoms. The number of hydrogen-bond acceptors (Lipinski definition) is 14. The minimum absolute atomic E-state index is 0.143. The fraction of sp³-hybridized carbons (Fsp3) is 0.521. The zero-order valence-electron chi connectivity index (χ0n) is 36.7. The van der Waals surface area contributed by atoms with Crippen molar-refractivity contribution in [3.05, 3.63) is 83.4 Å². The van der Waals surface area contributed by atoms with E-state index in [-0.39, 0.29) is 43.3 Å². The third-order valence-corrected chi connectivity index (χ3v) is 13.4. The van der Waals surface area contributed by atoms with Crippen molar-refractivity contribution in [2.24, 2.45) is 17.3 Å². The maximum atomic E-state index is 14.5. The minimum Gasteiger partial charge on any atom is -0.457 e. The Bertz CT molecular complexity index is 2200. The zero-order chi connectivity index (χ0) is 45.5. The van der Waals surface area contributed by atoms with E-state index in [4.69, 9.17) is 23.7 Å². The Balaban J connectivity index is 1.06. The largest absolute Gasteiger partial charge is 0.508 e. The molecule has 3 aliphatic rings. The van der Waals surface area contributed by atoms with Gasteiger partial charge in [0.2, 0.25) is 0 Å². The van der Waals surface area contributed by atoms with Gasteiger partial charge in [0.1, 0.15) is 30.3 Å². The fourth-order valence-corrected chi connectivity index (χ4v) is 9.18. The number of aryl methyl sites for hydroxylation is 1. The fourth-order valence-electron chi connectivity index (χ4n) is 8.37. The number of imide groups is 1. The van der Waals surface area contributed by atoms with Crippen LogP contribution in [-0.4, -0.2) is 81.1 Å². The molecule has 0 saturated carbocycles. The molecule has 2 amide bonds. The standard InChI is InChI=1S/C48H58N2O12S/c1-7-12-34-44(61-46(57)58-28-31-15-18-33(19-16-31)59-42(54)14-9-8-10-24-50-40(52)21-22-41(50)53)29(2)13-11-23-48(6)39(62-48)26-36(32-17-20-37-35(25-32)49-30(3)63-37)60-43(55)27-38(51)47(4,5)45(34)56/h7,15-22,25,29,34,36,38-39,44,51H,1,8-14,23-24,26-28H2,2-6H3/t29-,34+,36-,38-,39-,44-,48+/m0/s1. The van der Waals surface area contributed by atoms with Crippen LogP contribution >= 0.6 is 11.3 Å².